The number of halogens is 6. The van der Waals surface area contributed by atoms with E-state index in [1.165, 1.54) is 24.3 Å². The first kappa shape index (κ1) is 29.5. The van der Waals surface area contributed by atoms with Crippen molar-refractivity contribution in [3.05, 3.63) is 104 Å². The van der Waals surface area contributed by atoms with Crippen molar-refractivity contribution in [3.8, 4) is 11.1 Å². The Morgan fingerprint density at radius 1 is 1.07 bits per heavy atom. The molecule has 41 heavy (non-hydrogen) atoms. The molecule has 4 aromatic rings. The van der Waals surface area contributed by atoms with Gasteiger partial charge in [-0.25, -0.2) is 18.4 Å². The predicted octanol–water partition coefficient (Wildman–Crippen LogP) is 7.17. The molecule has 12 heteroatoms. The molecule has 0 saturated carbocycles. The molecule has 6 nitrogen and oxygen atoms in total. The summed E-state index contributed by atoms with van der Waals surface area (Å²) in [7, 11) is 0. The van der Waals surface area contributed by atoms with Gasteiger partial charge in [0.2, 0.25) is 5.91 Å². The minimum Gasteiger partial charge on any atom is -0.463 e. The Hall–Kier alpha value is -4.51. The lowest BCUT2D eigenvalue weighted by atomic mass is 9.93. The molecule has 0 aliphatic carbocycles. The number of esters is 1. The molecule has 1 aromatic heterocycles. The van der Waals surface area contributed by atoms with E-state index >= 15 is 4.39 Å². The van der Waals surface area contributed by atoms with Gasteiger partial charge < -0.3 is 14.5 Å². The predicted molar refractivity (Wildman–Crippen MR) is 142 cm³/mol. The molecule has 1 heterocycles. The first-order valence-corrected chi connectivity index (χ1v) is 12.3. The summed E-state index contributed by atoms with van der Waals surface area (Å²) in [4.78, 5) is 37.7. The van der Waals surface area contributed by atoms with Crippen LogP contribution in [0.25, 0.3) is 28.2 Å². The molecule has 0 spiro atoms. The average molecular weight is 592 g/mol. The first-order chi connectivity index (χ1) is 19.4. The van der Waals surface area contributed by atoms with Crippen LogP contribution in [0.2, 0.25) is 5.02 Å². The highest BCUT2D eigenvalue weighted by atomic mass is 35.5. The molecule has 0 aliphatic rings. The van der Waals surface area contributed by atoms with Crippen molar-refractivity contribution in [2.24, 2.45) is 0 Å². The molecule has 0 atom stereocenters. The molecule has 0 saturated heterocycles. The third-order valence-corrected chi connectivity index (χ3v) is 6.01. The highest BCUT2D eigenvalue weighted by molar-refractivity contribution is 6.31. The summed E-state index contributed by atoms with van der Waals surface area (Å²) in [6.07, 6.45) is -3.23. The maximum absolute atomic E-state index is 15.3. The van der Waals surface area contributed by atoms with Crippen molar-refractivity contribution in [2.75, 3.05) is 11.9 Å². The summed E-state index contributed by atoms with van der Waals surface area (Å²) in [5.74, 6) is -3.75. The highest BCUT2D eigenvalue weighted by Crippen LogP contribution is 2.37. The van der Waals surface area contributed by atoms with E-state index in [4.69, 9.17) is 20.8 Å². The smallest absolute Gasteiger partial charge is 0.418 e. The van der Waals surface area contributed by atoms with Crippen molar-refractivity contribution in [3.63, 3.8) is 0 Å². The number of nitrogens with one attached hydrogen (secondary N) is 1. The Morgan fingerprint density at radius 3 is 2.54 bits per heavy atom. The van der Waals surface area contributed by atoms with E-state index in [9.17, 15) is 31.9 Å². The van der Waals surface area contributed by atoms with Gasteiger partial charge in [-0.3, -0.25) is 4.79 Å². The molecule has 0 aliphatic heterocycles. The number of alkyl halides is 3. The van der Waals surface area contributed by atoms with Crippen LogP contribution in [0.4, 0.5) is 27.6 Å². The van der Waals surface area contributed by atoms with E-state index in [0.29, 0.717) is 5.56 Å². The van der Waals surface area contributed by atoms with Crippen LogP contribution in [0.1, 0.15) is 23.6 Å². The summed E-state index contributed by atoms with van der Waals surface area (Å²) in [6.45, 7) is 1.79. The van der Waals surface area contributed by atoms with E-state index in [0.717, 1.165) is 24.3 Å². The van der Waals surface area contributed by atoms with Crippen LogP contribution in [0.5, 0.6) is 0 Å². The molecular formula is C29H19ClF5NO5. The van der Waals surface area contributed by atoms with E-state index in [1.807, 2.05) is 5.32 Å². The Bertz CT molecular complexity index is 1750. The summed E-state index contributed by atoms with van der Waals surface area (Å²) in [6, 6.07) is 10.0. The SMILES string of the molecule is CCOC(=O)/C=C/c1cccc(-c2c(CC(=O)Nc3ccc(F)cc3C(F)(F)F)c(=O)oc3cc(Cl)cc(F)c23)c1. The third kappa shape index (κ3) is 6.80. The van der Waals surface area contributed by atoms with Crippen molar-refractivity contribution >= 4 is 46.2 Å². The Kier molecular flexibility index (Phi) is 8.57. The maximum Gasteiger partial charge on any atom is 0.418 e. The second-order valence-corrected chi connectivity index (χ2v) is 9.06. The van der Waals surface area contributed by atoms with Crippen molar-refractivity contribution < 1.29 is 40.7 Å². The number of fused-ring (bicyclic) bond motifs is 1. The molecule has 3 aromatic carbocycles. The first-order valence-electron chi connectivity index (χ1n) is 11.9. The van der Waals surface area contributed by atoms with Gasteiger partial charge in [-0.1, -0.05) is 29.8 Å². The maximum atomic E-state index is 15.3. The van der Waals surface area contributed by atoms with Gasteiger partial charge in [0.15, 0.2) is 0 Å². The van der Waals surface area contributed by atoms with Crippen molar-refractivity contribution in [2.45, 2.75) is 19.5 Å². The number of hydrogen-bond acceptors (Lipinski definition) is 5. The number of benzene rings is 3. The number of anilines is 1. The lowest BCUT2D eigenvalue weighted by Crippen LogP contribution is -2.22. The molecule has 4 rings (SSSR count). The topological polar surface area (TPSA) is 85.6 Å². The number of rotatable bonds is 7. The van der Waals surface area contributed by atoms with Gasteiger partial charge in [-0.2, -0.15) is 13.2 Å². The van der Waals surface area contributed by atoms with Crippen LogP contribution in [-0.4, -0.2) is 18.5 Å². The van der Waals surface area contributed by atoms with E-state index < -0.39 is 53.0 Å². The largest absolute Gasteiger partial charge is 0.463 e. The van der Waals surface area contributed by atoms with Gasteiger partial charge >= 0.3 is 17.8 Å². The molecule has 0 bridgehead atoms. The van der Waals surface area contributed by atoms with Gasteiger partial charge in [0.1, 0.15) is 17.2 Å². The summed E-state index contributed by atoms with van der Waals surface area (Å²) < 4.78 is 79.1. The van der Waals surface area contributed by atoms with E-state index in [-0.39, 0.29) is 45.4 Å². The lowest BCUT2D eigenvalue weighted by molar-refractivity contribution is -0.138. The van der Waals surface area contributed by atoms with Gasteiger partial charge in [0.25, 0.3) is 0 Å². The summed E-state index contributed by atoms with van der Waals surface area (Å²) in [5.41, 5.74) is -3.21. The third-order valence-electron chi connectivity index (χ3n) is 5.79. The fourth-order valence-electron chi connectivity index (χ4n) is 4.13. The van der Waals surface area contributed by atoms with Gasteiger partial charge in [0, 0.05) is 22.7 Å². The van der Waals surface area contributed by atoms with Crippen LogP contribution >= 0.6 is 11.6 Å². The molecule has 0 fully saturated rings. The average Bonchev–Trinajstić information content (AvgIpc) is 2.89. The second-order valence-electron chi connectivity index (χ2n) is 8.63. The number of carbonyl (C=O) groups excluding carboxylic acids is 2. The molecule has 212 valence electrons. The summed E-state index contributed by atoms with van der Waals surface area (Å²) in [5, 5.41) is 1.76. The Labute approximate surface area is 234 Å². The van der Waals surface area contributed by atoms with Crippen LogP contribution in [0.15, 0.2) is 69.9 Å². The van der Waals surface area contributed by atoms with Crippen molar-refractivity contribution in [1.29, 1.82) is 0 Å². The number of hydrogen-bond donors (Lipinski definition) is 1. The minimum atomic E-state index is -4.99. The van der Waals surface area contributed by atoms with Crippen LogP contribution < -0.4 is 10.9 Å². The minimum absolute atomic E-state index is 0.0675. The fourth-order valence-corrected chi connectivity index (χ4v) is 4.33. The highest BCUT2D eigenvalue weighted by Gasteiger charge is 2.34. The molecular weight excluding hydrogens is 573 g/mol. The zero-order valence-corrected chi connectivity index (χ0v) is 21.8. The Morgan fingerprint density at radius 2 is 1.83 bits per heavy atom. The van der Waals surface area contributed by atoms with E-state index in [2.05, 4.69) is 0 Å². The van der Waals surface area contributed by atoms with Crippen molar-refractivity contribution in [1.82, 2.24) is 0 Å². The quantitative estimate of drug-likeness (QED) is 0.107. The molecule has 0 unspecified atom stereocenters. The van der Waals surface area contributed by atoms with E-state index in [1.54, 1.807) is 19.1 Å². The number of ether oxygens (including phenoxy) is 1. The van der Waals surface area contributed by atoms with Gasteiger partial charge in [0.05, 0.1) is 35.2 Å². The number of amides is 1. The van der Waals surface area contributed by atoms with Crippen LogP contribution in [0, 0.1) is 11.6 Å². The normalized spacial score (nSPS) is 11.7. The van der Waals surface area contributed by atoms with Gasteiger partial charge in [-0.15, -0.1) is 0 Å². The van der Waals surface area contributed by atoms with Crippen LogP contribution in [-0.2, 0) is 26.9 Å². The zero-order chi connectivity index (χ0) is 29.9. The molecule has 1 amide bonds. The second kappa shape index (κ2) is 11.9. The monoisotopic (exact) mass is 591 g/mol. The van der Waals surface area contributed by atoms with Crippen LogP contribution in [0.3, 0.4) is 0 Å². The molecule has 1 N–H and O–H groups in total. The Balaban J connectivity index is 1.83. The van der Waals surface area contributed by atoms with Gasteiger partial charge in [-0.05, 0) is 54.5 Å². The zero-order valence-electron chi connectivity index (χ0n) is 21.1. The standard InChI is InChI=1S/C29H19ClF5NO5/c1-2-40-25(38)9-6-15-4-3-5-16(10-15)26-19(28(39)41-23-12-17(30)11-21(32)27(23)26)14-24(37)36-22-8-7-18(31)13-20(22)29(33,34)35/h3-13H,2,14H2,1H3,(H,36,37)/b9-6+. The number of carbonyl (C=O) groups is 2. The summed E-state index contributed by atoms with van der Waals surface area (Å²) >= 11 is 5.94. The lowest BCUT2D eigenvalue weighted by Gasteiger charge is -2.16. The fraction of sp³-hybridized carbons (Fsp3) is 0.138. The molecule has 0 radical (unpaired) electrons.